The van der Waals surface area contributed by atoms with E-state index in [4.69, 9.17) is 5.73 Å². The second-order valence-corrected chi connectivity index (χ2v) is 3.01. The summed E-state index contributed by atoms with van der Waals surface area (Å²) >= 11 is 0. The highest BCUT2D eigenvalue weighted by atomic mass is 35.5. The molecule has 0 saturated heterocycles. The number of aromatic hydroxyl groups is 1. The van der Waals surface area contributed by atoms with Crippen LogP contribution in [0.1, 0.15) is 11.6 Å². The first-order valence-electron chi connectivity index (χ1n) is 4.28. The lowest BCUT2D eigenvalue weighted by molar-refractivity contribution is -0.385. The molecule has 94 valence electrons. The first kappa shape index (κ1) is 15.1. The van der Waals surface area contributed by atoms with Gasteiger partial charge in [-0.1, -0.05) is 6.07 Å². The van der Waals surface area contributed by atoms with Crippen molar-refractivity contribution in [2.24, 2.45) is 5.73 Å². The number of nitrogens with zero attached hydrogens (tertiary/aromatic N) is 1. The molecule has 0 amide bonds. The van der Waals surface area contributed by atoms with E-state index in [9.17, 15) is 20.0 Å². The molecular weight excluding hydrogens is 252 g/mol. The first-order chi connectivity index (χ1) is 7.47. The van der Waals surface area contributed by atoms with E-state index in [2.05, 4.69) is 4.74 Å². The molecule has 0 aliphatic heterocycles. The number of nitro benzene ring substituents is 1. The van der Waals surface area contributed by atoms with Crippen LogP contribution >= 0.6 is 12.4 Å². The number of esters is 1. The molecule has 17 heavy (non-hydrogen) atoms. The van der Waals surface area contributed by atoms with Gasteiger partial charge in [-0.05, 0) is 11.6 Å². The number of benzene rings is 1. The lowest BCUT2D eigenvalue weighted by Gasteiger charge is -2.09. The molecule has 0 heterocycles. The molecule has 8 heteroatoms. The van der Waals surface area contributed by atoms with Gasteiger partial charge < -0.3 is 15.6 Å². The van der Waals surface area contributed by atoms with Gasteiger partial charge in [0.05, 0.1) is 12.0 Å². The molecule has 1 aromatic rings. The number of phenols is 1. The van der Waals surface area contributed by atoms with Gasteiger partial charge in [-0.25, -0.2) is 0 Å². The summed E-state index contributed by atoms with van der Waals surface area (Å²) < 4.78 is 4.40. The van der Waals surface area contributed by atoms with Crippen molar-refractivity contribution in [3.8, 4) is 5.75 Å². The Morgan fingerprint density at radius 3 is 2.65 bits per heavy atom. The number of carbonyl (C=O) groups is 1. The monoisotopic (exact) mass is 262 g/mol. The molecule has 0 saturated carbocycles. The van der Waals surface area contributed by atoms with Crippen molar-refractivity contribution in [2.75, 3.05) is 7.11 Å². The van der Waals surface area contributed by atoms with Crippen molar-refractivity contribution < 1.29 is 19.6 Å². The topological polar surface area (TPSA) is 116 Å². The molecule has 0 spiro atoms. The summed E-state index contributed by atoms with van der Waals surface area (Å²) in [5.74, 6) is -1.19. The standard InChI is InChI=1S/C9H10N2O5.ClH/c1-16-9(13)8(10)5-2-3-7(12)6(4-5)11(14)15;/h2-4,8,12H,10H2,1H3;1H/t8-;/m0./s1. The molecule has 1 atom stereocenters. The molecule has 1 aromatic carbocycles. The lowest BCUT2D eigenvalue weighted by Crippen LogP contribution is -2.22. The van der Waals surface area contributed by atoms with Gasteiger partial charge in [-0.3, -0.25) is 14.9 Å². The normalized spacial score (nSPS) is 11.2. The van der Waals surface area contributed by atoms with E-state index in [1.807, 2.05) is 0 Å². The Morgan fingerprint density at radius 2 is 2.18 bits per heavy atom. The minimum absolute atomic E-state index is 0. The molecule has 3 N–H and O–H groups in total. The summed E-state index contributed by atoms with van der Waals surface area (Å²) in [6, 6.07) is 2.36. The second kappa shape index (κ2) is 6.02. The maximum Gasteiger partial charge on any atom is 0.327 e. The predicted octanol–water partition coefficient (Wildman–Crippen LogP) is 0.895. The Kier molecular flexibility index (Phi) is 5.36. The van der Waals surface area contributed by atoms with E-state index < -0.39 is 28.4 Å². The average molecular weight is 263 g/mol. The smallest absolute Gasteiger partial charge is 0.327 e. The van der Waals surface area contributed by atoms with Gasteiger partial charge in [-0.15, -0.1) is 12.4 Å². The van der Waals surface area contributed by atoms with E-state index in [0.717, 1.165) is 19.2 Å². The Labute approximate surface area is 103 Å². The van der Waals surface area contributed by atoms with Gasteiger partial charge in [0.1, 0.15) is 6.04 Å². The van der Waals surface area contributed by atoms with Crippen molar-refractivity contribution >= 4 is 24.1 Å². The Morgan fingerprint density at radius 1 is 1.59 bits per heavy atom. The minimum Gasteiger partial charge on any atom is -0.502 e. The van der Waals surface area contributed by atoms with Gasteiger partial charge in [0.25, 0.3) is 0 Å². The van der Waals surface area contributed by atoms with Gasteiger partial charge in [-0.2, -0.15) is 0 Å². The number of halogens is 1. The van der Waals surface area contributed by atoms with Gasteiger partial charge >= 0.3 is 11.7 Å². The summed E-state index contributed by atoms with van der Waals surface area (Å²) in [5, 5.41) is 19.7. The second-order valence-electron chi connectivity index (χ2n) is 3.01. The summed E-state index contributed by atoms with van der Waals surface area (Å²) in [6.07, 6.45) is 0. The Hall–Kier alpha value is -1.86. The van der Waals surface area contributed by atoms with Crippen molar-refractivity contribution in [3.63, 3.8) is 0 Å². The van der Waals surface area contributed by atoms with Crippen LogP contribution in [0.5, 0.6) is 5.75 Å². The van der Waals surface area contributed by atoms with E-state index >= 15 is 0 Å². The number of methoxy groups -OCH3 is 1. The summed E-state index contributed by atoms with van der Waals surface area (Å²) in [4.78, 5) is 20.9. The molecule has 0 aromatic heterocycles. The van der Waals surface area contributed by atoms with Crippen LogP contribution in [-0.4, -0.2) is 23.1 Å². The van der Waals surface area contributed by atoms with Crippen molar-refractivity contribution in [2.45, 2.75) is 6.04 Å². The van der Waals surface area contributed by atoms with Crippen molar-refractivity contribution in [1.29, 1.82) is 0 Å². The molecule has 0 fully saturated rings. The fraction of sp³-hybridized carbons (Fsp3) is 0.222. The van der Waals surface area contributed by atoms with Crippen LogP contribution in [-0.2, 0) is 9.53 Å². The molecule has 0 radical (unpaired) electrons. The quantitative estimate of drug-likeness (QED) is 0.475. The SMILES string of the molecule is COC(=O)[C@@H](N)c1ccc(O)c([N+](=O)[O-])c1.Cl. The maximum absolute atomic E-state index is 11.1. The molecule has 7 nitrogen and oxygen atoms in total. The van der Waals surface area contributed by atoms with Crippen LogP contribution in [0.3, 0.4) is 0 Å². The highest BCUT2D eigenvalue weighted by Gasteiger charge is 2.21. The largest absolute Gasteiger partial charge is 0.502 e. The predicted molar refractivity (Wildman–Crippen MR) is 61.0 cm³/mol. The maximum atomic E-state index is 11.1. The van der Waals surface area contributed by atoms with Crippen molar-refractivity contribution in [3.05, 3.63) is 33.9 Å². The third-order valence-corrected chi connectivity index (χ3v) is 2.01. The molecule has 0 bridgehead atoms. The Bertz CT molecular complexity index is 437. The summed E-state index contributed by atoms with van der Waals surface area (Å²) in [6.45, 7) is 0. The third kappa shape index (κ3) is 3.30. The molecular formula is C9H11ClN2O5. The van der Waals surface area contributed by atoms with Crippen LogP contribution in [0.4, 0.5) is 5.69 Å². The molecule has 0 aliphatic rings. The zero-order valence-electron chi connectivity index (χ0n) is 8.82. The van der Waals surface area contributed by atoms with Crippen LogP contribution < -0.4 is 5.73 Å². The van der Waals surface area contributed by atoms with Crippen LogP contribution in [0.25, 0.3) is 0 Å². The molecule has 1 rings (SSSR count). The minimum atomic E-state index is -1.11. The van der Waals surface area contributed by atoms with Crippen LogP contribution in [0.2, 0.25) is 0 Å². The number of hydrogen-bond donors (Lipinski definition) is 2. The van der Waals surface area contributed by atoms with Crippen LogP contribution in [0.15, 0.2) is 18.2 Å². The fourth-order valence-electron chi connectivity index (χ4n) is 1.14. The zero-order valence-corrected chi connectivity index (χ0v) is 9.64. The number of hydrogen-bond acceptors (Lipinski definition) is 6. The average Bonchev–Trinajstić information content (AvgIpc) is 2.27. The van der Waals surface area contributed by atoms with Crippen LogP contribution in [0, 0.1) is 10.1 Å². The van der Waals surface area contributed by atoms with E-state index in [-0.39, 0.29) is 18.0 Å². The first-order valence-corrected chi connectivity index (χ1v) is 4.28. The summed E-state index contributed by atoms with van der Waals surface area (Å²) in [7, 11) is 1.16. The number of nitro groups is 1. The fourth-order valence-corrected chi connectivity index (χ4v) is 1.14. The highest BCUT2D eigenvalue weighted by Crippen LogP contribution is 2.28. The van der Waals surface area contributed by atoms with Crippen molar-refractivity contribution in [1.82, 2.24) is 0 Å². The molecule has 0 unspecified atom stereocenters. The van der Waals surface area contributed by atoms with Gasteiger partial charge in [0, 0.05) is 6.07 Å². The Balaban J connectivity index is 0.00000256. The van der Waals surface area contributed by atoms with E-state index in [0.29, 0.717) is 0 Å². The number of carbonyl (C=O) groups excluding carboxylic acids is 1. The number of nitrogens with two attached hydrogens (primary N) is 1. The van der Waals surface area contributed by atoms with E-state index in [1.165, 1.54) is 6.07 Å². The highest BCUT2D eigenvalue weighted by molar-refractivity contribution is 5.85. The zero-order chi connectivity index (χ0) is 12.3. The number of rotatable bonds is 3. The third-order valence-electron chi connectivity index (χ3n) is 2.01. The summed E-state index contributed by atoms with van der Waals surface area (Å²) in [5.41, 5.74) is 5.19. The van der Waals surface area contributed by atoms with E-state index in [1.54, 1.807) is 0 Å². The van der Waals surface area contributed by atoms with Gasteiger partial charge in [0.15, 0.2) is 5.75 Å². The number of phenolic OH excluding ortho intramolecular Hbond substituents is 1. The molecule has 0 aliphatic carbocycles. The van der Waals surface area contributed by atoms with Gasteiger partial charge in [0.2, 0.25) is 0 Å². The lowest BCUT2D eigenvalue weighted by atomic mass is 10.1. The number of ether oxygens (including phenoxy) is 1.